The molecule has 0 radical (unpaired) electrons. The summed E-state index contributed by atoms with van der Waals surface area (Å²) in [6, 6.07) is 51.5. The first kappa shape index (κ1) is 29.7. The molecule has 0 atom stereocenters. The molecule has 0 saturated heterocycles. The molecular formula is C46H38N2. The molecule has 0 saturated carbocycles. The number of anilines is 1. The second-order valence-corrected chi connectivity index (χ2v) is 13.2. The van der Waals surface area contributed by atoms with Crippen molar-refractivity contribution < 1.29 is 0 Å². The van der Waals surface area contributed by atoms with Crippen LogP contribution >= 0.6 is 0 Å². The molecule has 2 heteroatoms. The highest BCUT2D eigenvalue weighted by molar-refractivity contribution is 6.27. The molecule has 0 heterocycles. The van der Waals surface area contributed by atoms with Gasteiger partial charge >= 0.3 is 0 Å². The van der Waals surface area contributed by atoms with Crippen LogP contribution in [0.3, 0.4) is 0 Å². The fourth-order valence-corrected chi connectivity index (χ4v) is 7.25. The van der Waals surface area contributed by atoms with Crippen molar-refractivity contribution in [3.05, 3.63) is 162 Å². The molecule has 48 heavy (non-hydrogen) atoms. The first-order valence-electron chi connectivity index (χ1n) is 16.6. The number of hydrogen-bond acceptors (Lipinski definition) is 2. The number of hydrazine groups is 1. The molecular weight excluding hydrogens is 581 g/mol. The Balaban J connectivity index is 1.69. The van der Waals surface area contributed by atoms with Gasteiger partial charge in [0.05, 0.1) is 5.69 Å². The van der Waals surface area contributed by atoms with Crippen LogP contribution in [0.5, 0.6) is 0 Å². The third-order valence-corrected chi connectivity index (χ3v) is 9.78. The molecule has 8 aromatic rings. The predicted molar refractivity (Wildman–Crippen MR) is 207 cm³/mol. The van der Waals surface area contributed by atoms with Gasteiger partial charge in [0.25, 0.3) is 0 Å². The Labute approximate surface area is 282 Å². The number of aryl methyl sites for hydroxylation is 4. The second-order valence-electron chi connectivity index (χ2n) is 13.2. The largest absolute Gasteiger partial charge is 0.323 e. The van der Waals surface area contributed by atoms with E-state index < -0.39 is 0 Å². The number of hydrogen-bond donors (Lipinski definition) is 2. The molecule has 0 unspecified atom stereocenters. The molecule has 0 bridgehead atoms. The molecule has 0 fully saturated rings. The minimum absolute atomic E-state index is 0.931. The molecule has 0 amide bonds. The third-order valence-electron chi connectivity index (χ3n) is 9.78. The summed E-state index contributed by atoms with van der Waals surface area (Å²) in [6.07, 6.45) is 0. The van der Waals surface area contributed by atoms with E-state index >= 15 is 0 Å². The number of rotatable bonds is 5. The van der Waals surface area contributed by atoms with Crippen molar-refractivity contribution in [3.63, 3.8) is 0 Å². The minimum atomic E-state index is 0.931. The molecule has 0 aliphatic carbocycles. The highest BCUT2D eigenvalue weighted by atomic mass is 15.2. The summed E-state index contributed by atoms with van der Waals surface area (Å²) in [4.78, 5) is 0. The van der Waals surface area contributed by atoms with Gasteiger partial charge in [0.1, 0.15) is 0 Å². The van der Waals surface area contributed by atoms with E-state index in [-0.39, 0.29) is 0 Å². The van der Waals surface area contributed by atoms with E-state index in [1.807, 2.05) is 0 Å². The van der Waals surface area contributed by atoms with Gasteiger partial charge in [-0.15, -0.1) is 0 Å². The average molecular weight is 619 g/mol. The van der Waals surface area contributed by atoms with Crippen LogP contribution in [0.25, 0.3) is 76.8 Å². The van der Waals surface area contributed by atoms with E-state index in [0.29, 0.717) is 0 Å². The minimum Gasteiger partial charge on any atom is -0.323 e. The SMILES string of the molecule is Cc1ccc(-c2c(-c3ccc(C)cc3)c(-c3ccc(C)cc3)c3c(NN)c4cc5ccccc5cc4cc3c2-c2ccc(C)cc2)cc1. The maximum absolute atomic E-state index is 6.63. The van der Waals surface area contributed by atoms with Crippen molar-refractivity contribution in [1.29, 1.82) is 0 Å². The Hall–Kier alpha value is -5.70. The Kier molecular flexibility index (Phi) is 7.32. The number of nitrogens with two attached hydrogens (primary N) is 1. The van der Waals surface area contributed by atoms with Crippen LogP contribution in [0, 0.1) is 27.7 Å². The van der Waals surface area contributed by atoms with Crippen LogP contribution in [0.15, 0.2) is 140 Å². The second kappa shape index (κ2) is 11.8. The molecule has 0 aliphatic heterocycles. The zero-order valence-corrected chi connectivity index (χ0v) is 27.9. The Morgan fingerprint density at radius 3 is 1.21 bits per heavy atom. The smallest absolute Gasteiger partial charge is 0.0649 e. The highest BCUT2D eigenvalue weighted by Crippen LogP contribution is 2.54. The lowest BCUT2D eigenvalue weighted by molar-refractivity contribution is 1.38. The number of nitrogens with one attached hydrogen (secondary N) is 1. The van der Waals surface area contributed by atoms with Crippen molar-refractivity contribution in [1.82, 2.24) is 0 Å². The summed E-state index contributed by atoms with van der Waals surface area (Å²) in [5, 5.41) is 6.92. The molecule has 0 aliphatic rings. The van der Waals surface area contributed by atoms with Crippen LogP contribution in [-0.2, 0) is 0 Å². The van der Waals surface area contributed by atoms with Gasteiger partial charge in [-0.3, -0.25) is 5.84 Å². The van der Waals surface area contributed by atoms with Crippen molar-refractivity contribution >= 4 is 38.0 Å². The van der Waals surface area contributed by atoms with Gasteiger partial charge in [-0.25, -0.2) is 0 Å². The van der Waals surface area contributed by atoms with E-state index in [4.69, 9.17) is 5.84 Å². The predicted octanol–water partition coefficient (Wildman–Crippen LogP) is 12.3. The topological polar surface area (TPSA) is 38.0 Å². The summed E-state index contributed by atoms with van der Waals surface area (Å²) in [5.74, 6) is 6.63. The van der Waals surface area contributed by atoms with Crippen molar-refractivity contribution in [2.45, 2.75) is 27.7 Å². The van der Waals surface area contributed by atoms with E-state index in [1.54, 1.807) is 0 Å². The normalized spacial score (nSPS) is 11.4. The number of fused-ring (bicyclic) bond motifs is 3. The highest BCUT2D eigenvalue weighted by Gasteiger charge is 2.26. The van der Waals surface area contributed by atoms with Gasteiger partial charge < -0.3 is 5.43 Å². The van der Waals surface area contributed by atoms with Gasteiger partial charge in [0.2, 0.25) is 0 Å². The number of benzene rings is 8. The molecule has 8 aromatic carbocycles. The fraction of sp³-hybridized carbons (Fsp3) is 0.0870. The lowest BCUT2D eigenvalue weighted by Crippen LogP contribution is -2.09. The summed E-state index contributed by atoms with van der Waals surface area (Å²) in [6.45, 7) is 8.60. The van der Waals surface area contributed by atoms with Gasteiger partial charge in [0.15, 0.2) is 0 Å². The molecule has 0 spiro atoms. The van der Waals surface area contributed by atoms with Crippen LogP contribution < -0.4 is 11.3 Å². The zero-order valence-electron chi connectivity index (χ0n) is 27.9. The van der Waals surface area contributed by atoms with Crippen LogP contribution in [0.2, 0.25) is 0 Å². The van der Waals surface area contributed by atoms with E-state index in [2.05, 4.69) is 173 Å². The maximum Gasteiger partial charge on any atom is 0.0649 e. The van der Waals surface area contributed by atoms with E-state index in [9.17, 15) is 0 Å². The van der Waals surface area contributed by atoms with Crippen molar-refractivity contribution in [2.24, 2.45) is 5.84 Å². The van der Waals surface area contributed by atoms with Gasteiger partial charge in [-0.1, -0.05) is 144 Å². The summed E-state index contributed by atoms with van der Waals surface area (Å²) < 4.78 is 0. The molecule has 0 aromatic heterocycles. The molecule has 232 valence electrons. The zero-order chi connectivity index (χ0) is 32.9. The molecule has 3 N–H and O–H groups in total. The molecule has 2 nitrogen and oxygen atoms in total. The van der Waals surface area contributed by atoms with Gasteiger partial charge in [-0.05, 0) is 106 Å². The average Bonchev–Trinajstić information content (AvgIpc) is 3.10. The maximum atomic E-state index is 6.63. The molecule has 8 rings (SSSR count). The van der Waals surface area contributed by atoms with Crippen LogP contribution in [0.4, 0.5) is 5.69 Å². The summed E-state index contributed by atoms with van der Waals surface area (Å²) in [5.41, 5.74) is 18.6. The fourth-order valence-electron chi connectivity index (χ4n) is 7.25. The van der Waals surface area contributed by atoms with E-state index in [0.717, 1.165) is 32.8 Å². The third kappa shape index (κ3) is 5.02. The Bertz CT molecular complexity index is 2470. The van der Waals surface area contributed by atoms with Gasteiger partial charge in [-0.2, -0.15) is 0 Å². The first-order valence-corrected chi connectivity index (χ1v) is 16.6. The Morgan fingerprint density at radius 2 is 0.750 bits per heavy atom. The standard InChI is InChI=1S/C46H38N2/c1-28-9-17-32(18-10-28)41-40-27-38-25-36-7-5-6-8-37(36)26-39(38)46(48-47)45(40)44(35-23-15-31(4)16-24-35)43(34-21-13-30(3)14-22-34)42(41)33-19-11-29(2)12-20-33/h5-27,48H,47H2,1-4H3. The van der Waals surface area contributed by atoms with Crippen molar-refractivity contribution in [3.8, 4) is 44.5 Å². The summed E-state index contributed by atoms with van der Waals surface area (Å²) in [7, 11) is 0. The lowest BCUT2D eigenvalue weighted by Gasteiger charge is -2.26. The van der Waals surface area contributed by atoms with Crippen molar-refractivity contribution in [2.75, 3.05) is 5.43 Å². The van der Waals surface area contributed by atoms with Gasteiger partial charge in [0, 0.05) is 16.3 Å². The summed E-state index contributed by atoms with van der Waals surface area (Å²) >= 11 is 0. The number of nitrogen functional groups attached to an aromatic ring is 1. The Morgan fingerprint density at radius 1 is 0.375 bits per heavy atom. The lowest BCUT2D eigenvalue weighted by atomic mass is 9.77. The van der Waals surface area contributed by atoms with Crippen LogP contribution in [0.1, 0.15) is 22.3 Å². The first-order chi connectivity index (χ1) is 23.4. The quantitative estimate of drug-likeness (QED) is 0.114. The van der Waals surface area contributed by atoms with E-state index in [1.165, 1.54) is 72.0 Å². The monoisotopic (exact) mass is 618 g/mol. The van der Waals surface area contributed by atoms with Crippen LogP contribution in [-0.4, -0.2) is 0 Å².